The fourth-order valence-corrected chi connectivity index (χ4v) is 2.07. The van der Waals surface area contributed by atoms with Gasteiger partial charge in [-0.1, -0.05) is 0 Å². The van der Waals surface area contributed by atoms with Gasteiger partial charge in [0.2, 0.25) is 0 Å². The highest BCUT2D eigenvalue weighted by Crippen LogP contribution is 2.17. The van der Waals surface area contributed by atoms with E-state index in [2.05, 4.69) is 10.3 Å². The van der Waals surface area contributed by atoms with E-state index < -0.39 is 5.97 Å². The second kappa shape index (κ2) is 5.49. The Morgan fingerprint density at radius 1 is 1.53 bits per heavy atom. The van der Waals surface area contributed by atoms with Crippen molar-refractivity contribution < 1.29 is 19.1 Å². The quantitative estimate of drug-likeness (QED) is 0.838. The monoisotopic (exact) mass is 278 g/mol. The Bertz CT molecular complexity index is 642. The minimum atomic E-state index is -1.03. The highest BCUT2D eigenvalue weighted by atomic mass is 32.1. The van der Waals surface area contributed by atoms with Crippen molar-refractivity contribution in [3.8, 4) is 0 Å². The molecule has 1 amide bonds. The molecule has 0 aliphatic heterocycles. The molecule has 2 N–H and O–H groups in total. The van der Waals surface area contributed by atoms with Crippen molar-refractivity contribution in [2.75, 3.05) is 5.32 Å². The van der Waals surface area contributed by atoms with Gasteiger partial charge in [0.05, 0.1) is 11.3 Å². The van der Waals surface area contributed by atoms with Gasteiger partial charge in [0.15, 0.2) is 0 Å². The Morgan fingerprint density at radius 3 is 2.95 bits per heavy atom. The third kappa shape index (κ3) is 3.52. The summed E-state index contributed by atoms with van der Waals surface area (Å²) in [6, 6.07) is 1.73. The average Bonchev–Trinajstić information content (AvgIpc) is 2.95. The number of aliphatic carboxylic acids is 1. The molecule has 19 heavy (non-hydrogen) atoms. The number of aromatic nitrogens is 1. The van der Waals surface area contributed by atoms with Crippen molar-refractivity contribution in [1.82, 2.24) is 4.98 Å². The number of hydrogen-bond donors (Lipinski definition) is 2. The number of rotatable bonds is 4. The Labute approximate surface area is 112 Å². The molecule has 2 aromatic rings. The number of carboxylic acids is 1. The van der Waals surface area contributed by atoms with Gasteiger partial charge in [0.1, 0.15) is 6.26 Å². The number of nitrogens with one attached hydrogen (secondary N) is 1. The SMILES string of the molecule is Cc1coc(NC(=O)c2csc(/C=C/C(=O)O)c2)n1. The fraction of sp³-hybridized carbons (Fsp3) is 0.0833. The van der Waals surface area contributed by atoms with Crippen LogP contribution in [-0.4, -0.2) is 22.0 Å². The molecule has 0 unspecified atom stereocenters. The normalized spacial score (nSPS) is 10.8. The first-order valence-electron chi connectivity index (χ1n) is 5.27. The number of anilines is 1. The van der Waals surface area contributed by atoms with Gasteiger partial charge < -0.3 is 9.52 Å². The predicted octanol–water partition coefficient (Wildman–Crippen LogP) is 2.39. The van der Waals surface area contributed by atoms with E-state index in [1.807, 2.05) is 0 Å². The lowest BCUT2D eigenvalue weighted by Crippen LogP contribution is -2.10. The maximum atomic E-state index is 11.8. The largest absolute Gasteiger partial charge is 0.478 e. The number of thiophene rings is 1. The molecule has 0 aromatic carbocycles. The van der Waals surface area contributed by atoms with Gasteiger partial charge in [-0.3, -0.25) is 10.1 Å². The van der Waals surface area contributed by atoms with E-state index in [4.69, 9.17) is 9.52 Å². The molecular formula is C12H10N2O4S. The number of oxazole rings is 1. The molecular weight excluding hydrogens is 268 g/mol. The van der Waals surface area contributed by atoms with E-state index in [1.165, 1.54) is 23.7 Å². The first kappa shape index (κ1) is 13.0. The molecule has 0 spiro atoms. The van der Waals surface area contributed by atoms with Crippen LogP contribution in [-0.2, 0) is 4.79 Å². The van der Waals surface area contributed by atoms with Crippen LogP contribution in [0.2, 0.25) is 0 Å². The Morgan fingerprint density at radius 2 is 2.32 bits per heavy atom. The van der Waals surface area contributed by atoms with E-state index in [-0.39, 0.29) is 11.9 Å². The summed E-state index contributed by atoms with van der Waals surface area (Å²) in [5.41, 5.74) is 1.09. The number of aryl methyl sites for hydroxylation is 1. The number of carbonyl (C=O) groups is 2. The molecule has 6 nitrogen and oxygen atoms in total. The second-order valence-electron chi connectivity index (χ2n) is 3.66. The standard InChI is InChI=1S/C12H10N2O4S/c1-7-5-18-12(13-7)14-11(17)8-4-9(19-6-8)2-3-10(15)16/h2-6H,1H3,(H,15,16)(H,13,14,17)/b3-2+. The van der Waals surface area contributed by atoms with Crippen molar-refractivity contribution in [2.45, 2.75) is 6.92 Å². The van der Waals surface area contributed by atoms with Crippen LogP contribution in [0.3, 0.4) is 0 Å². The summed E-state index contributed by atoms with van der Waals surface area (Å²) in [4.78, 5) is 26.8. The zero-order valence-corrected chi connectivity index (χ0v) is 10.7. The molecule has 98 valence electrons. The molecule has 0 fully saturated rings. The van der Waals surface area contributed by atoms with Crippen molar-refractivity contribution in [1.29, 1.82) is 0 Å². The smallest absolute Gasteiger partial charge is 0.328 e. The topological polar surface area (TPSA) is 92.4 Å². The van der Waals surface area contributed by atoms with Gasteiger partial charge >= 0.3 is 12.0 Å². The molecule has 2 aromatic heterocycles. The molecule has 7 heteroatoms. The van der Waals surface area contributed by atoms with Gasteiger partial charge in [0.25, 0.3) is 5.91 Å². The minimum Gasteiger partial charge on any atom is -0.478 e. The van der Waals surface area contributed by atoms with Gasteiger partial charge in [-0.05, 0) is 19.1 Å². The van der Waals surface area contributed by atoms with Crippen molar-refractivity contribution >= 4 is 35.3 Å². The molecule has 0 radical (unpaired) electrons. The first-order chi connectivity index (χ1) is 9.04. The number of amides is 1. The summed E-state index contributed by atoms with van der Waals surface area (Å²) in [6.45, 7) is 1.75. The van der Waals surface area contributed by atoms with Crippen LogP contribution in [0, 0.1) is 6.92 Å². The molecule has 0 aliphatic rings. The first-order valence-corrected chi connectivity index (χ1v) is 6.15. The van der Waals surface area contributed by atoms with Crippen molar-refractivity contribution in [2.24, 2.45) is 0 Å². The summed E-state index contributed by atoms with van der Waals surface area (Å²) >= 11 is 1.27. The van der Waals surface area contributed by atoms with E-state index in [0.717, 1.165) is 6.08 Å². The summed E-state index contributed by atoms with van der Waals surface area (Å²) < 4.78 is 5.01. The zero-order chi connectivity index (χ0) is 13.8. The van der Waals surface area contributed by atoms with E-state index in [1.54, 1.807) is 18.4 Å². The Balaban J connectivity index is 2.06. The minimum absolute atomic E-state index is 0.135. The molecule has 0 saturated carbocycles. The van der Waals surface area contributed by atoms with Crippen LogP contribution in [0.5, 0.6) is 0 Å². The molecule has 0 aliphatic carbocycles. The zero-order valence-electron chi connectivity index (χ0n) is 9.91. The summed E-state index contributed by atoms with van der Waals surface area (Å²) in [5, 5.41) is 12.6. The highest BCUT2D eigenvalue weighted by molar-refractivity contribution is 7.11. The van der Waals surface area contributed by atoms with Crippen molar-refractivity contribution in [3.63, 3.8) is 0 Å². The lowest BCUT2D eigenvalue weighted by molar-refractivity contribution is -0.131. The van der Waals surface area contributed by atoms with Gasteiger partial charge in [-0.25, -0.2) is 4.79 Å². The second-order valence-corrected chi connectivity index (χ2v) is 4.60. The van der Waals surface area contributed by atoms with Crippen LogP contribution in [0.15, 0.2) is 28.2 Å². The fourth-order valence-electron chi connectivity index (χ4n) is 1.29. The Hall–Kier alpha value is -2.41. The summed E-state index contributed by atoms with van der Waals surface area (Å²) in [7, 11) is 0. The van der Waals surface area contributed by atoms with Crippen LogP contribution < -0.4 is 5.32 Å². The molecule has 0 saturated heterocycles. The van der Waals surface area contributed by atoms with Gasteiger partial charge in [0, 0.05) is 16.3 Å². The summed E-state index contributed by atoms with van der Waals surface area (Å²) in [5.74, 6) is -1.39. The third-order valence-corrected chi connectivity index (χ3v) is 3.01. The number of carboxylic acid groups (broad SMARTS) is 1. The average molecular weight is 278 g/mol. The number of hydrogen-bond acceptors (Lipinski definition) is 5. The van der Waals surface area contributed by atoms with Crippen LogP contribution in [0.4, 0.5) is 6.01 Å². The maximum absolute atomic E-state index is 11.8. The number of carbonyl (C=O) groups excluding carboxylic acids is 1. The molecule has 0 bridgehead atoms. The van der Waals surface area contributed by atoms with Gasteiger partial charge in [-0.2, -0.15) is 4.98 Å². The number of nitrogens with zero attached hydrogens (tertiary/aromatic N) is 1. The van der Waals surface area contributed by atoms with E-state index >= 15 is 0 Å². The molecule has 2 heterocycles. The third-order valence-electron chi connectivity index (χ3n) is 2.11. The summed E-state index contributed by atoms with van der Waals surface area (Å²) in [6.07, 6.45) is 3.88. The van der Waals surface area contributed by atoms with Crippen LogP contribution in [0.25, 0.3) is 6.08 Å². The predicted molar refractivity (Wildman–Crippen MR) is 70.2 cm³/mol. The van der Waals surface area contributed by atoms with Gasteiger partial charge in [-0.15, -0.1) is 11.3 Å². The van der Waals surface area contributed by atoms with Crippen molar-refractivity contribution in [3.05, 3.63) is 39.9 Å². The molecule has 0 atom stereocenters. The molecule has 2 rings (SSSR count). The maximum Gasteiger partial charge on any atom is 0.328 e. The highest BCUT2D eigenvalue weighted by Gasteiger charge is 2.11. The van der Waals surface area contributed by atoms with Crippen LogP contribution >= 0.6 is 11.3 Å². The Kier molecular flexibility index (Phi) is 3.76. The lowest BCUT2D eigenvalue weighted by atomic mass is 10.3. The van der Waals surface area contributed by atoms with E-state index in [0.29, 0.717) is 16.1 Å². The lowest BCUT2D eigenvalue weighted by Gasteiger charge is -1.96. The van der Waals surface area contributed by atoms with Crippen LogP contribution in [0.1, 0.15) is 20.9 Å². The van der Waals surface area contributed by atoms with E-state index in [9.17, 15) is 9.59 Å².